The van der Waals surface area contributed by atoms with Gasteiger partial charge in [0.15, 0.2) is 5.82 Å². The molecule has 2 N–H and O–H groups in total. The fraction of sp³-hybridized carbons (Fsp3) is 0.833. The summed E-state index contributed by atoms with van der Waals surface area (Å²) in [6.45, 7) is 5.05. The Hall–Kier alpha value is -0.900. The Morgan fingerprint density at radius 2 is 2.25 bits per heavy atom. The third-order valence-electron chi connectivity index (χ3n) is 3.35. The Labute approximate surface area is 96.6 Å². The van der Waals surface area contributed by atoms with Crippen LogP contribution in [0.4, 0.5) is 0 Å². The van der Waals surface area contributed by atoms with E-state index < -0.39 is 0 Å². The highest BCUT2D eigenvalue weighted by molar-refractivity contribution is 5.00. The third-order valence-corrected chi connectivity index (χ3v) is 3.35. The van der Waals surface area contributed by atoms with Gasteiger partial charge in [0, 0.05) is 12.3 Å². The van der Waals surface area contributed by atoms with E-state index in [1.54, 1.807) is 0 Å². The van der Waals surface area contributed by atoms with Gasteiger partial charge in [-0.05, 0) is 31.2 Å². The number of hydrogen-bond donors (Lipinski definition) is 1. The Morgan fingerprint density at radius 1 is 1.44 bits per heavy atom. The summed E-state index contributed by atoms with van der Waals surface area (Å²) in [7, 11) is 0. The van der Waals surface area contributed by atoms with Crippen LogP contribution in [-0.2, 0) is 6.42 Å². The SMILES string of the molecule is CC(C)Cc1noc(C2CCCC2CN)n1. The summed E-state index contributed by atoms with van der Waals surface area (Å²) < 4.78 is 5.36. The fourth-order valence-corrected chi connectivity index (χ4v) is 2.51. The van der Waals surface area contributed by atoms with Gasteiger partial charge < -0.3 is 10.3 Å². The summed E-state index contributed by atoms with van der Waals surface area (Å²) in [6.07, 6.45) is 4.46. The van der Waals surface area contributed by atoms with Crippen molar-refractivity contribution in [2.75, 3.05) is 6.54 Å². The van der Waals surface area contributed by atoms with Crippen LogP contribution >= 0.6 is 0 Å². The first-order chi connectivity index (χ1) is 7.70. The summed E-state index contributed by atoms with van der Waals surface area (Å²) >= 11 is 0. The number of rotatable bonds is 4. The smallest absolute Gasteiger partial charge is 0.230 e. The topological polar surface area (TPSA) is 64.9 Å². The maximum Gasteiger partial charge on any atom is 0.230 e. The van der Waals surface area contributed by atoms with Crippen LogP contribution in [0.15, 0.2) is 4.52 Å². The molecule has 4 heteroatoms. The molecule has 2 rings (SSSR count). The van der Waals surface area contributed by atoms with Crippen molar-refractivity contribution in [2.24, 2.45) is 17.6 Å². The molecule has 4 nitrogen and oxygen atoms in total. The van der Waals surface area contributed by atoms with Crippen LogP contribution in [0.3, 0.4) is 0 Å². The van der Waals surface area contributed by atoms with Gasteiger partial charge in [0.05, 0.1) is 0 Å². The van der Waals surface area contributed by atoms with E-state index in [0.29, 0.717) is 17.8 Å². The van der Waals surface area contributed by atoms with Crippen LogP contribution < -0.4 is 5.73 Å². The predicted octanol–water partition coefficient (Wildman–Crippen LogP) is 2.11. The summed E-state index contributed by atoms with van der Waals surface area (Å²) in [5.74, 6) is 3.15. The second-order valence-electron chi connectivity index (χ2n) is 5.18. The molecule has 0 aliphatic heterocycles. The van der Waals surface area contributed by atoms with E-state index in [1.165, 1.54) is 12.8 Å². The molecule has 1 aromatic rings. The molecule has 0 amide bonds. The molecule has 0 saturated heterocycles. The van der Waals surface area contributed by atoms with E-state index in [0.717, 1.165) is 31.1 Å². The highest BCUT2D eigenvalue weighted by Gasteiger charge is 2.31. The molecule has 16 heavy (non-hydrogen) atoms. The lowest BCUT2D eigenvalue weighted by Gasteiger charge is -2.12. The first-order valence-electron chi connectivity index (χ1n) is 6.23. The van der Waals surface area contributed by atoms with Crippen molar-refractivity contribution in [3.63, 3.8) is 0 Å². The van der Waals surface area contributed by atoms with Gasteiger partial charge in [-0.25, -0.2) is 0 Å². The number of aromatic nitrogens is 2. The molecular weight excluding hydrogens is 202 g/mol. The summed E-state index contributed by atoms with van der Waals surface area (Å²) in [5, 5.41) is 4.04. The van der Waals surface area contributed by atoms with Crippen LogP contribution in [0.1, 0.15) is 50.7 Å². The minimum Gasteiger partial charge on any atom is -0.339 e. The monoisotopic (exact) mass is 223 g/mol. The van der Waals surface area contributed by atoms with Crippen molar-refractivity contribution in [2.45, 2.75) is 45.4 Å². The van der Waals surface area contributed by atoms with Gasteiger partial charge in [-0.2, -0.15) is 4.98 Å². The summed E-state index contributed by atoms with van der Waals surface area (Å²) in [6, 6.07) is 0. The van der Waals surface area contributed by atoms with E-state index in [1.807, 2.05) is 0 Å². The second kappa shape index (κ2) is 4.95. The van der Waals surface area contributed by atoms with Crippen molar-refractivity contribution in [3.05, 3.63) is 11.7 Å². The zero-order chi connectivity index (χ0) is 11.5. The van der Waals surface area contributed by atoms with Gasteiger partial charge in [0.25, 0.3) is 0 Å². The molecule has 1 saturated carbocycles. The van der Waals surface area contributed by atoms with Gasteiger partial charge in [-0.3, -0.25) is 0 Å². The van der Waals surface area contributed by atoms with E-state index in [2.05, 4.69) is 24.0 Å². The zero-order valence-corrected chi connectivity index (χ0v) is 10.1. The third kappa shape index (κ3) is 2.43. The highest BCUT2D eigenvalue weighted by atomic mass is 16.5. The Morgan fingerprint density at radius 3 is 2.94 bits per heavy atom. The van der Waals surface area contributed by atoms with Crippen LogP contribution in [-0.4, -0.2) is 16.7 Å². The minimum absolute atomic E-state index is 0.401. The average Bonchev–Trinajstić information content (AvgIpc) is 2.83. The minimum atomic E-state index is 0.401. The van der Waals surface area contributed by atoms with E-state index in [4.69, 9.17) is 10.3 Å². The lowest BCUT2D eigenvalue weighted by molar-refractivity contribution is 0.322. The van der Waals surface area contributed by atoms with Gasteiger partial charge in [-0.15, -0.1) is 0 Å². The Balaban J connectivity index is 2.06. The molecule has 1 aliphatic rings. The van der Waals surface area contributed by atoms with Crippen molar-refractivity contribution >= 4 is 0 Å². The van der Waals surface area contributed by atoms with Crippen molar-refractivity contribution < 1.29 is 4.52 Å². The molecule has 90 valence electrons. The highest BCUT2D eigenvalue weighted by Crippen LogP contribution is 2.38. The van der Waals surface area contributed by atoms with Crippen molar-refractivity contribution in [1.82, 2.24) is 10.1 Å². The number of nitrogens with zero attached hydrogens (tertiary/aromatic N) is 2. The van der Waals surface area contributed by atoms with Crippen LogP contribution in [0.5, 0.6) is 0 Å². The Bertz CT molecular complexity index is 335. The summed E-state index contributed by atoms with van der Waals surface area (Å²) in [4.78, 5) is 4.50. The van der Waals surface area contributed by atoms with Gasteiger partial charge in [-0.1, -0.05) is 25.4 Å². The summed E-state index contributed by atoms with van der Waals surface area (Å²) in [5.41, 5.74) is 5.76. The molecule has 2 atom stereocenters. The molecule has 0 spiro atoms. The molecule has 1 aliphatic carbocycles. The standard InChI is InChI=1S/C12H21N3O/c1-8(2)6-11-14-12(16-15-11)10-5-3-4-9(10)7-13/h8-10H,3-7,13H2,1-2H3. The van der Waals surface area contributed by atoms with Gasteiger partial charge in [0.2, 0.25) is 5.89 Å². The normalized spacial score (nSPS) is 25.5. The number of hydrogen-bond acceptors (Lipinski definition) is 4. The molecule has 1 aromatic heterocycles. The predicted molar refractivity (Wildman–Crippen MR) is 62.0 cm³/mol. The quantitative estimate of drug-likeness (QED) is 0.849. The van der Waals surface area contributed by atoms with Crippen LogP contribution in [0.2, 0.25) is 0 Å². The maximum atomic E-state index is 5.76. The molecule has 0 bridgehead atoms. The molecule has 0 aromatic carbocycles. The van der Waals surface area contributed by atoms with E-state index in [-0.39, 0.29) is 0 Å². The molecule has 1 fully saturated rings. The first kappa shape index (κ1) is 11.6. The average molecular weight is 223 g/mol. The molecule has 1 heterocycles. The molecular formula is C12H21N3O. The van der Waals surface area contributed by atoms with Gasteiger partial charge in [0.1, 0.15) is 0 Å². The maximum absolute atomic E-state index is 5.76. The van der Waals surface area contributed by atoms with Gasteiger partial charge >= 0.3 is 0 Å². The second-order valence-corrected chi connectivity index (χ2v) is 5.18. The van der Waals surface area contributed by atoms with Crippen LogP contribution in [0, 0.1) is 11.8 Å². The largest absolute Gasteiger partial charge is 0.339 e. The molecule has 2 unspecified atom stereocenters. The van der Waals surface area contributed by atoms with E-state index >= 15 is 0 Å². The lowest BCUT2D eigenvalue weighted by Crippen LogP contribution is -2.17. The first-order valence-corrected chi connectivity index (χ1v) is 6.23. The van der Waals surface area contributed by atoms with Crippen molar-refractivity contribution in [3.8, 4) is 0 Å². The Kier molecular flexibility index (Phi) is 3.59. The van der Waals surface area contributed by atoms with Crippen molar-refractivity contribution in [1.29, 1.82) is 0 Å². The van der Waals surface area contributed by atoms with E-state index in [9.17, 15) is 0 Å². The molecule has 0 radical (unpaired) electrons. The van der Waals surface area contributed by atoms with Crippen LogP contribution in [0.25, 0.3) is 0 Å². The number of nitrogens with two attached hydrogens (primary N) is 1. The fourth-order valence-electron chi connectivity index (χ4n) is 2.51. The lowest BCUT2D eigenvalue weighted by atomic mass is 9.96. The zero-order valence-electron chi connectivity index (χ0n) is 10.1.